The summed E-state index contributed by atoms with van der Waals surface area (Å²) in [5, 5.41) is 4.86. The van der Waals surface area contributed by atoms with E-state index in [-0.39, 0.29) is 12.1 Å². The Hall–Kier alpha value is -2.76. The van der Waals surface area contributed by atoms with Gasteiger partial charge < -0.3 is 10.6 Å². The van der Waals surface area contributed by atoms with E-state index >= 15 is 0 Å². The smallest absolute Gasteiger partial charge is 0.251 e. The molecule has 0 atom stereocenters. The fourth-order valence-electron chi connectivity index (χ4n) is 1.63. The zero-order valence-electron chi connectivity index (χ0n) is 10.9. The molecule has 2 N–H and O–H groups in total. The summed E-state index contributed by atoms with van der Waals surface area (Å²) in [6.45, 7) is -0.271. The van der Waals surface area contributed by atoms with E-state index in [0.717, 1.165) is 6.07 Å². The van der Waals surface area contributed by atoms with Gasteiger partial charge >= 0.3 is 0 Å². The molecule has 2 amide bonds. The van der Waals surface area contributed by atoms with Crippen LogP contribution in [-0.2, 0) is 4.79 Å². The van der Waals surface area contributed by atoms with E-state index in [9.17, 15) is 18.4 Å². The molecule has 0 saturated heterocycles. The van der Waals surface area contributed by atoms with Crippen LogP contribution < -0.4 is 10.6 Å². The molecule has 0 spiro atoms. The lowest BCUT2D eigenvalue weighted by Crippen LogP contribution is -2.32. The van der Waals surface area contributed by atoms with E-state index in [0.29, 0.717) is 5.69 Å². The van der Waals surface area contributed by atoms with Crippen molar-refractivity contribution in [1.82, 2.24) is 5.32 Å². The zero-order valence-corrected chi connectivity index (χ0v) is 10.9. The molecule has 0 radical (unpaired) electrons. The first-order valence-electron chi connectivity index (χ1n) is 6.14. The van der Waals surface area contributed by atoms with Crippen LogP contribution in [-0.4, -0.2) is 18.4 Å². The molecule has 108 valence electrons. The third kappa shape index (κ3) is 4.38. The topological polar surface area (TPSA) is 58.2 Å². The third-order valence-electron chi connectivity index (χ3n) is 2.62. The lowest BCUT2D eigenvalue weighted by Gasteiger charge is -2.07. The van der Waals surface area contributed by atoms with Gasteiger partial charge in [0.1, 0.15) is 11.6 Å². The Balaban J connectivity index is 1.86. The van der Waals surface area contributed by atoms with Crippen LogP contribution in [0.3, 0.4) is 0 Å². The molecule has 6 heteroatoms. The Morgan fingerprint density at radius 2 is 1.67 bits per heavy atom. The highest BCUT2D eigenvalue weighted by molar-refractivity contribution is 5.99. The molecule has 0 bridgehead atoms. The van der Waals surface area contributed by atoms with Crippen molar-refractivity contribution in [1.29, 1.82) is 0 Å². The normalized spacial score (nSPS) is 10.0. The highest BCUT2D eigenvalue weighted by atomic mass is 19.1. The maximum absolute atomic E-state index is 13.0. The van der Waals surface area contributed by atoms with Gasteiger partial charge in [0.15, 0.2) is 0 Å². The summed E-state index contributed by atoms with van der Waals surface area (Å²) in [7, 11) is 0. The van der Waals surface area contributed by atoms with Crippen molar-refractivity contribution >= 4 is 17.5 Å². The number of rotatable bonds is 4. The number of carbonyl (C=O) groups is 2. The van der Waals surface area contributed by atoms with Gasteiger partial charge in [0, 0.05) is 11.3 Å². The third-order valence-corrected chi connectivity index (χ3v) is 2.62. The van der Waals surface area contributed by atoms with Gasteiger partial charge in [0.2, 0.25) is 5.91 Å². The van der Waals surface area contributed by atoms with Crippen molar-refractivity contribution in [3.8, 4) is 0 Å². The quantitative estimate of drug-likeness (QED) is 0.908. The number of benzene rings is 2. The molecule has 21 heavy (non-hydrogen) atoms. The molecule has 0 aliphatic rings. The summed E-state index contributed by atoms with van der Waals surface area (Å²) in [6, 6.07) is 10.4. The van der Waals surface area contributed by atoms with E-state index in [2.05, 4.69) is 10.6 Å². The molecule has 0 aromatic heterocycles. The molecule has 0 saturated carbocycles. The second kappa shape index (κ2) is 6.60. The standard InChI is InChI=1S/C15H12F2N2O2/c16-11-4-6-13(7-5-11)19-14(20)9-18-15(21)10-2-1-3-12(17)8-10/h1-8H,9H2,(H,18,21)(H,19,20). The summed E-state index contributed by atoms with van der Waals surface area (Å²) in [5.41, 5.74) is 0.547. The van der Waals surface area contributed by atoms with Gasteiger partial charge in [-0.2, -0.15) is 0 Å². The SMILES string of the molecule is O=C(CNC(=O)c1cccc(F)c1)Nc1ccc(F)cc1. The number of amides is 2. The van der Waals surface area contributed by atoms with Crippen LogP contribution in [0.2, 0.25) is 0 Å². The maximum atomic E-state index is 13.0. The van der Waals surface area contributed by atoms with Gasteiger partial charge in [-0.3, -0.25) is 9.59 Å². The summed E-state index contributed by atoms with van der Waals surface area (Å²) < 4.78 is 25.7. The molecular formula is C15H12F2N2O2. The van der Waals surface area contributed by atoms with Gasteiger partial charge in [-0.1, -0.05) is 6.07 Å². The fourth-order valence-corrected chi connectivity index (χ4v) is 1.63. The molecule has 2 aromatic rings. The van der Waals surface area contributed by atoms with E-state index in [1.54, 1.807) is 0 Å². The summed E-state index contributed by atoms with van der Waals surface area (Å²) in [6.07, 6.45) is 0. The predicted octanol–water partition coefficient (Wildman–Crippen LogP) is 2.33. The van der Waals surface area contributed by atoms with Gasteiger partial charge in [-0.05, 0) is 42.5 Å². The average molecular weight is 290 g/mol. The van der Waals surface area contributed by atoms with Crippen molar-refractivity contribution in [2.24, 2.45) is 0 Å². The Morgan fingerprint density at radius 3 is 2.33 bits per heavy atom. The summed E-state index contributed by atoms with van der Waals surface area (Å²) >= 11 is 0. The monoisotopic (exact) mass is 290 g/mol. The van der Waals surface area contributed by atoms with Crippen LogP contribution in [0.5, 0.6) is 0 Å². The minimum atomic E-state index is -0.552. The minimum absolute atomic E-state index is 0.129. The maximum Gasteiger partial charge on any atom is 0.251 e. The largest absolute Gasteiger partial charge is 0.343 e. The van der Waals surface area contributed by atoms with Crippen molar-refractivity contribution in [3.63, 3.8) is 0 Å². The number of halogens is 2. The molecule has 0 fully saturated rings. The van der Waals surface area contributed by atoms with Crippen LogP contribution in [0.1, 0.15) is 10.4 Å². The van der Waals surface area contributed by atoms with Crippen LogP contribution in [0.4, 0.5) is 14.5 Å². The summed E-state index contributed by atoms with van der Waals surface area (Å²) in [4.78, 5) is 23.3. The molecule has 0 aliphatic heterocycles. The Morgan fingerprint density at radius 1 is 0.952 bits per heavy atom. The van der Waals surface area contributed by atoms with Gasteiger partial charge in [0.05, 0.1) is 6.54 Å². The molecule has 4 nitrogen and oxygen atoms in total. The highest BCUT2D eigenvalue weighted by Gasteiger charge is 2.09. The molecule has 0 heterocycles. The second-order valence-corrected chi connectivity index (χ2v) is 4.25. The number of nitrogens with one attached hydrogen (secondary N) is 2. The van der Waals surface area contributed by atoms with Crippen molar-refractivity contribution in [2.75, 3.05) is 11.9 Å². The minimum Gasteiger partial charge on any atom is -0.343 e. The number of anilines is 1. The molecule has 2 aromatic carbocycles. The fraction of sp³-hybridized carbons (Fsp3) is 0.0667. The first-order chi connectivity index (χ1) is 10.0. The lowest BCUT2D eigenvalue weighted by molar-refractivity contribution is -0.115. The van der Waals surface area contributed by atoms with E-state index in [1.165, 1.54) is 42.5 Å². The van der Waals surface area contributed by atoms with Crippen LogP contribution >= 0.6 is 0 Å². The van der Waals surface area contributed by atoms with Gasteiger partial charge in [-0.25, -0.2) is 8.78 Å². The van der Waals surface area contributed by atoms with Crippen LogP contribution in [0.15, 0.2) is 48.5 Å². The second-order valence-electron chi connectivity index (χ2n) is 4.25. The zero-order chi connectivity index (χ0) is 15.2. The van der Waals surface area contributed by atoms with E-state index in [1.807, 2.05) is 0 Å². The Bertz CT molecular complexity index is 657. The molecule has 0 unspecified atom stereocenters. The Labute approximate surface area is 119 Å². The van der Waals surface area contributed by atoms with Crippen molar-refractivity contribution < 1.29 is 18.4 Å². The lowest BCUT2D eigenvalue weighted by atomic mass is 10.2. The molecule has 0 aliphatic carbocycles. The molecular weight excluding hydrogens is 278 g/mol. The van der Waals surface area contributed by atoms with E-state index in [4.69, 9.17) is 0 Å². The Kier molecular flexibility index (Phi) is 4.61. The number of hydrogen-bond donors (Lipinski definition) is 2. The van der Waals surface area contributed by atoms with Crippen molar-refractivity contribution in [3.05, 3.63) is 65.7 Å². The molecule has 2 rings (SSSR count). The number of hydrogen-bond acceptors (Lipinski definition) is 2. The van der Waals surface area contributed by atoms with Crippen LogP contribution in [0.25, 0.3) is 0 Å². The highest BCUT2D eigenvalue weighted by Crippen LogP contribution is 2.07. The summed E-state index contributed by atoms with van der Waals surface area (Å²) in [5.74, 6) is -1.96. The van der Waals surface area contributed by atoms with Gasteiger partial charge in [-0.15, -0.1) is 0 Å². The first-order valence-corrected chi connectivity index (χ1v) is 6.14. The van der Waals surface area contributed by atoms with Gasteiger partial charge in [0.25, 0.3) is 5.91 Å². The first kappa shape index (κ1) is 14.6. The number of carbonyl (C=O) groups excluding carboxylic acids is 2. The van der Waals surface area contributed by atoms with E-state index < -0.39 is 23.4 Å². The van der Waals surface area contributed by atoms with Crippen LogP contribution in [0, 0.1) is 11.6 Å². The average Bonchev–Trinajstić information content (AvgIpc) is 2.47. The predicted molar refractivity (Wildman–Crippen MR) is 73.8 cm³/mol. The van der Waals surface area contributed by atoms with Crippen molar-refractivity contribution in [2.45, 2.75) is 0 Å².